The van der Waals surface area contributed by atoms with Crippen LogP contribution in [0.25, 0.3) is 0 Å². The highest BCUT2D eigenvalue weighted by Crippen LogP contribution is 2.31. The molecular weight excluding hydrogens is 310 g/mol. The zero-order valence-corrected chi connectivity index (χ0v) is 12.7. The van der Waals surface area contributed by atoms with Gasteiger partial charge in [0.05, 0.1) is 30.3 Å². The lowest BCUT2D eigenvalue weighted by atomic mass is 10.2. The van der Waals surface area contributed by atoms with Crippen molar-refractivity contribution in [3.63, 3.8) is 0 Å². The SMILES string of the molecule is O=C(Nc1cnn(C[C@@H]2COc3ccccc3O2)c1)c1ccoc1. The molecule has 1 aromatic carbocycles. The number of furan rings is 1. The number of ether oxygens (including phenoxy) is 2. The van der Waals surface area contributed by atoms with E-state index < -0.39 is 0 Å². The van der Waals surface area contributed by atoms with E-state index in [2.05, 4.69) is 10.4 Å². The molecule has 0 spiro atoms. The van der Waals surface area contributed by atoms with E-state index in [0.717, 1.165) is 11.5 Å². The number of anilines is 1. The van der Waals surface area contributed by atoms with Crippen LogP contribution in [0.5, 0.6) is 11.5 Å². The lowest BCUT2D eigenvalue weighted by molar-refractivity contribution is 0.0759. The smallest absolute Gasteiger partial charge is 0.259 e. The number of aromatic nitrogens is 2. The Balaban J connectivity index is 1.38. The van der Waals surface area contributed by atoms with Gasteiger partial charge in [-0.2, -0.15) is 5.10 Å². The first-order valence-corrected chi connectivity index (χ1v) is 7.52. The number of hydrogen-bond donors (Lipinski definition) is 1. The predicted molar refractivity (Wildman–Crippen MR) is 85.2 cm³/mol. The molecule has 1 atom stereocenters. The van der Waals surface area contributed by atoms with Crippen molar-refractivity contribution in [2.75, 3.05) is 11.9 Å². The van der Waals surface area contributed by atoms with E-state index in [1.165, 1.54) is 12.5 Å². The van der Waals surface area contributed by atoms with Gasteiger partial charge in [0, 0.05) is 6.20 Å². The Labute approximate surface area is 137 Å². The quantitative estimate of drug-likeness (QED) is 0.797. The van der Waals surface area contributed by atoms with Gasteiger partial charge in [0.15, 0.2) is 17.6 Å². The third-order valence-corrected chi connectivity index (χ3v) is 3.63. The van der Waals surface area contributed by atoms with Gasteiger partial charge in [0.1, 0.15) is 12.9 Å². The van der Waals surface area contributed by atoms with Crippen LogP contribution in [0.1, 0.15) is 10.4 Å². The lowest BCUT2D eigenvalue weighted by Gasteiger charge is -2.26. The fourth-order valence-corrected chi connectivity index (χ4v) is 2.49. The molecule has 0 saturated heterocycles. The Bertz CT molecular complexity index is 841. The van der Waals surface area contributed by atoms with E-state index in [9.17, 15) is 4.79 Å². The number of nitrogens with zero attached hydrogens (tertiary/aromatic N) is 2. The molecule has 1 aliphatic rings. The zero-order valence-electron chi connectivity index (χ0n) is 12.7. The number of carbonyl (C=O) groups is 1. The molecule has 0 radical (unpaired) electrons. The van der Waals surface area contributed by atoms with Crippen LogP contribution in [0.2, 0.25) is 0 Å². The normalized spacial score (nSPS) is 15.9. The van der Waals surface area contributed by atoms with Crippen molar-refractivity contribution in [1.82, 2.24) is 9.78 Å². The summed E-state index contributed by atoms with van der Waals surface area (Å²) in [6, 6.07) is 9.17. The summed E-state index contributed by atoms with van der Waals surface area (Å²) in [6.07, 6.45) is 6.05. The highest BCUT2D eigenvalue weighted by molar-refractivity contribution is 6.03. The molecular formula is C17H15N3O4. The van der Waals surface area contributed by atoms with Gasteiger partial charge in [-0.05, 0) is 18.2 Å². The molecule has 1 amide bonds. The average Bonchev–Trinajstić information content (AvgIpc) is 3.27. The Hall–Kier alpha value is -3.22. The van der Waals surface area contributed by atoms with Gasteiger partial charge in [-0.3, -0.25) is 9.48 Å². The first-order chi connectivity index (χ1) is 11.8. The van der Waals surface area contributed by atoms with Gasteiger partial charge < -0.3 is 19.2 Å². The number of benzene rings is 1. The van der Waals surface area contributed by atoms with Crippen LogP contribution >= 0.6 is 0 Å². The summed E-state index contributed by atoms with van der Waals surface area (Å²) < 4.78 is 18.2. The van der Waals surface area contributed by atoms with Gasteiger partial charge in [-0.15, -0.1) is 0 Å². The van der Waals surface area contributed by atoms with Crippen LogP contribution in [0.4, 0.5) is 5.69 Å². The molecule has 24 heavy (non-hydrogen) atoms. The fourth-order valence-electron chi connectivity index (χ4n) is 2.49. The third-order valence-electron chi connectivity index (χ3n) is 3.63. The number of hydrogen-bond acceptors (Lipinski definition) is 5. The molecule has 1 N–H and O–H groups in total. The first-order valence-electron chi connectivity index (χ1n) is 7.52. The molecule has 0 unspecified atom stereocenters. The van der Waals surface area contributed by atoms with Gasteiger partial charge >= 0.3 is 0 Å². The van der Waals surface area contributed by atoms with Crippen LogP contribution in [-0.2, 0) is 6.54 Å². The standard InChI is InChI=1S/C17H15N3O4/c21-17(12-5-6-22-10-12)19-13-7-18-20(8-13)9-14-11-23-15-3-1-2-4-16(15)24-14/h1-8,10,14H,9,11H2,(H,19,21)/t14-/m1/s1. The van der Waals surface area contributed by atoms with Crippen LogP contribution in [0.3, 0.4) is 0 Å². The monoisotopic (exact) mass is 325 g/mol. The molecule has 1 aliphatic heterocycles. The summed E-state index contributed by atoms with van der Waals surface area (Å²) in [5, 5.41) is 7.01. The van der Waals surface area contributed by atoms with Crippen molar-refractivity contribution in [1.29, 1.82) is 0 Å². The largest absolute Gasteiger partial charge is 0.486 e. The number of fused-ring (bicyclic) bond motifs is 1. The van der Waals surface area contributed by atoms with E-state index in [1.54, 1.807) is 23.1 Å². The zero-order chi connectivity index (χ0) is 16.4. The second-order valence-electron chi connectivity index (χ2n) is 5.41. The van der Waals surface area contributed by atoms with Gasteiger partial charge in [-0.25, -0.2) is 0 Å². The maximum absolute atomic E-state index is 12.0. The summed E-state index contributed by atoms with van der Waals surface area (Å²) in [4.78, 5) is 12.0. The van der Waals surface area contributed by atoms with Crippen LogP contribution in [0, 0.1) is 0 Å². The molecule has 0 bridgehead atoms. The van der Waals surface area contributed by atoms with E-state index in [4.69, 9.17) is 13.9 Å². The minimum absolute atomic E-state index is 0.141. The summed E-state index contributed by atoms with van der Waals surface area (Å²) in [7, 11) is 0. The number of carbonyl (C=O) groups excluding carboxylic acids is 1. The molecule has 0 saturated carbocycles. The predicted octanol–water partition coefficient (Wildman–Crippen LogP) is 2.57. The Morgan fingerprint density at radius 3 is 3.00 bits per heavy atom. The summed E-state index contributed by atoms with van der Waals surface area (Å²) in [5.74, 6) is 1.24. The maximum atomic E-state index is 12.0. The molecule has 7 heteroatoms. The average molecular weight is 325 g/mol. The van der Waals surface area contributed by atoms with Crippen molar-refractivity contribution < 1.29 is 18.7 Å². The molecule has 3 heterocycles. The topological polar surface area (TPSA) is 78.5 Å². The second kappa shape index (κ2) is 6.11. The highest BCUT2D eigenvalue weighted by Gasteiger charge is 2.21. The number of para-hydroxylation sites is 2. The summed E-state index contributed by atoms with van der Waals surface area (Å²) in [5.41, 5.74) is 1.07. The molecule has 3 aromatic rings. The van der Waals surface area contributed by atoms with Crippen molar-refractivity contribution in [3.8, 4) is 11.5 Å². The van der Waals surface area contributed by atoms with E-state index in [-0.39, 0.29) is 12.0 Å². The fraction of sp³-hybridized carbons (Fsp3) is 0.176. The first kappa shape index (κ1) is 14.4. The van der Waals surface area contributed by atoms with Crippen LogP contribution in [-0.4, -0.2) is 28.4 Å². The highest BCUT2D eigenvalue weighted by atomic mass is 16.6. The minimum Gasteiger partial charge on any atom is -0.486 e. The summed E-state index contributed by atoms with van der Waals surface area (Å²) >= 11 is 0. The van der Waals surface area contributed by atoms with E-state index >= 15 is 0 Å². The Kier molecular flexibility index (Phi) is 3.66. The van der Waals surface area contributed by atoms with Crippen molar-refractivity contribution in [2.24, 2.45) is 0 Å². The van der Waals surface area contributed by atoms with E-state index in [1.807, 2.05) is 24.3 Å². The number of nitrogens with one attached hydrogen (secondary N) is 1. The number of rotatable bonds is 4. The van der Waals surface area contributed by atoms with Gasteiger partial charge in [0.2, 0.25) is 0 Å². The van der Waals surface area contributed by atoms with Crippen LogP contribution < -0.4 is 14.8 Å². The summed E-state index contributed by atoms with van der Waals surface area (Å²) in [6.45, 7) is 0.976. The van der Waals surface area contributed by atoms with Crippen molar-refractivity contribution >= 4 is 11.6 Å². The van der Waals surface area contributed by atoms with Crippen molar-refractivity contribution in [3.05, 3.63) is 60.8 Å². The Morgan fingerprint density at radius 1 is 1.29 bits per heavy atom. The molecule has 122 valence electrons. The minimum atomic E-state index is -0.241. The van der Waals surface area contributed by atoms with Crippen molar-refractivity contribution in [2.45, 2.75) is 12.6 Å². The third kappa shape index (κ3) is 2.96. The second-order valence-corrected chi connectivity index (χ2v) is 5.41. The Morgan fingerprint density at radius 2 is 2.17 bits per heavy atom. The molecule has 4 rings (SSSR count). The molecule has 2 aromatic heterocycles. The van der Waals surface area contributed by atoms with Crippen LogP contribution in [0.15, 0.2) is 59.7 Å². The molecule has 0 aliphatic carbocycles. The van der Waals surface area contributed by atoms with Gasteiger partial charge in [-0.1, -0.05) is 12.1 Å². The van der Waals surface area contributed by atoms with Gasteiger partial charge in [0.25, 0.3) is 5.91 Å². The number of amides is 1. The maximum Gasteiger partial charge on any atom is 0.259 e. The van der Waals surface area contributed by atoms with E-state index in [0.29, 0.717) is 24.4 Å². The lowest BCUT2D eigenvalue weighted by Crippen LogP contribution is -2.33. The molecule has 0 fully saturated rings. The molecule has 7 nitrogen and oxygen atoms in total.